The number of benzene rings is 2. The zero-order valence-corrected chi connectivity index (χ0v) is 9.72. The lowest BCUT2D eigenvalue weighted by Crippen LogP contribution is -2.02. The van der Waals surface area contributed by atoms with Gasteiger partial charge in [-0.2, -0.15) is 0 Å². The normalized spacial score (nSPS) is 13.3. The Hall–Kier alpha value is -1.50. The second-order valence-corrected chi connectivity index (χ2v) is 4.53. The van der Waals surface area contributed by atoms with Gasteiger partial charge in [-0.3, -0.25) is 0 Å². The largest absolute Gasteiger partial charge is 0.385 e. The minimum Gasteiger partial charge on any atom is -0.385 e. The zero-order valence-electron chi connectivity index (χ0n) is 9.72. The zero-order chi connectivity index (χ0) is 11.0. The molecule has 0 amide bonds. The number of hydrogen-bond acceptors (Lipinski definition) is 1. The van der Waals surface area contributed by atoms with E-state index in [1.54, 1.807) is 0 Å². The summed E-state index contributed by atoms with van der Waals surface area (Å²) in [7, 11) is 0. The van der Waals surface area contributed by atoms with Crippen LogP contribution >= 0.6 is 0 Å². The first kappa shape index (κ1) is 9.71. The van der Waals surface area contributed by atoms with Crippen molar-refractivity contribution in [2.24, 2.45) is 0 Å². The van der Waals surface area contributed by atoms with Crippen LogP contribution in [0.1, 0.15) is 24.5 Å². The Morgan fingerprint density at radius 1 is 1.12 bits per heavy atom. The lowest BCUT2D eigenvalue weighted by atomic mass is 10.0. The molecular weight excluding hydrogens is 194 g/mol. The molecule has 82 valence electrons. The van der Waals surface area contributed by atoms with Gasteiger partial charge in [0.2, 0.25) is 0 Å². The second-order valence-electron chi connectivity index (χ2n) is 4.53. The Labute approximate surface area is 96.5 Å². The standard InChI is InChI=1S/C15H17N/c1-2-10-16-14-9-7-12-5-3-4-11-6-8-13(14)15(11)12/h3-5,7,9,16H,2,6,8,10H2,1H3. The van der Waals surface area contributed by atoms with E-state index in [2.05, 4.69) is 42.6 Å². The molecule has 0 aromatic heterocycles. The van der Waals surface area contributed by atoms with Crippen molar-refractivity contribution >= 4 is 16.5 Å². The molecule has 0 atom stereocenters. The van der Waals surface area contributed by atoms with Gasteiger partial charge in [0.1, 0.15) is 0 Å². The Morgan fingerprint density at radius 2 is 2.06 bits per heavy atom. The van der Waals surface area contributed by atoms with Gasteiger partial charge in [0.05, 0.1) is 0 Å². The lowest BCUT2D eigenvalue weighted by Gasteiger charge is -2.10. The fourth-order valence-corrected chi connectivity index (χ4v) is 2.69. The number of nitrogens with one attached hydrogen (secondary N) is 1. The van der Waals surface area contributed by atoms with Gasteiger partial charge >= 0.3 is 0 Å². The van der Waals surface area contributed by atoms with E-state index >= 15 is 0 Å². The molecule has 2 aromatic carbocycles. The van der Waals surface area contributed by atoms with Crippen LogP contribution in [0.25, 0.3) is 10.8 Å². The third-order valence-corrected chi connectivity index (χ3v) is 3.45. The molecule has 0 fully saturated rings. The van der Waals surface area contributed by atoms with Crippen molar-refractivity contribution < 1.29 is 0 Å². The minimum absolute atomic E-state index is 1.07. The molecule has 0 unspecified atom stereocenters. The van der Waals surface area contributed by atoms with Gasteiger partial charge in [-0.1, -0.05) is 31.2 Å². The SMILES string of the molecule is CCCNc1ccc2cccc3c2c1CC3. The fourth-order valence-electron chi connectivity index (χ4n) is 2.69. The van der Waals surface area contributed by atoms with E-state index in [1.807, 2.05) is 0 Å². The molecule has 0 saturated heterocycles. The van der Waals surface area contributed by atoms with E-state index < -0.39 is 0 Å². The summed E-state index contributed by atoms with van der Waals surface area (Å²) in [5, 5.41) is 6.44. The lowest BCUT2D eigenvalue weighted by molar-refractivity contribution is 0.968. The summed E-state index contributed by atoms with van der Waals surface area (Å²) in [5.74, 6) is 0. The fraction of sp³-hybridized carbons (Fsp3) is 0.333. The summed E-state index contributed by atoms with van der Waals surface area (Å²) in [4.78, 5) is 0. The third kappa shape index (κ3) is 1.39. The smallest absolute Gasteiger partial charge is 0.0379 e. The molecule has 0 saturated carbocycles. The number of rotatable bonds is 3. The van der Waals surface area contributed by atoms with Gasteiger partial charge in [0.15, 0.2) is 0 Å². The molecule has 3 rings (SSSR count). The van der Waals surface area contributed by atoms with Crippen molar-refractivity contribution in [2.75, 3.05) is 11.9 Å². The Bertz CT molecular complexity index is 528. The van der Waals surface area contributed by atoms with Gasteiger partial charge in [0.25, 0.3) is 0 Å². The molecule has 0 aliphatic heterocycles. The second kappa shape index (κ2) is 3.82. The monoisotopic (exact) mass is 211 g/mol. The highest BCUT2D eigenvalue weighted by atomic mass is 14.9. The number of anilines is 1. The van der Waals surface area contributed by atoms with Crippen LogP contribution in [0.4, 0.5) is 5.69 Å². The first-order chi connectivity index (χ1) is 7.90. The molecule has 1 aliphatic carbocycles. The van der Waals surface area contributed by atoms with Crippen LogP contribution in [0.15, 0.2) is 30.3 Å². The summed E-state index contributed by atoms with van der Waals surface area (Å²) in [6.45, 7) is 3.28. The predicted molar refractivity (Wildman–Crippen MR) is 70.1 cm³/mol. The Kier molecular flexibility index (Phi) is 2.32. The van der Waals surface area contributed by atoms with E-state index in [0.717, 1.165) is 6.54 Å². The summed E-state index contributed by atoms with van der Waals surface area (Å²) < 4.78 is 0. The number of aryl methyl sites for hydroxylation is 2. The first-order valence-electron chi connectivity index (χ1n) is 6.17. The van der Waals surface area contributed by atoms with Crippen molar-refractivity contribution in [1.29, 1.82) is 0 Å². The van der Waals surface area contributed by atoms with Gasteiger partial charge < -0.3 is 5.32 Å². The predicted octanol–water partition coefficient (Wildman–Crippen LogP) is 3.76. The van der Waals surface area contributed by atoms with E-state index in [-0.39, 0.29) is 0 Å². The highest BCUT2D eigenvalue weighted by Crippen LogP contribution is 2.35. The van der Waals surface area contributed by atoms with Crippen LogP contribution in [0.5, 0.6) is 0 Å². The highest BCUT2D eigenvalue weighted by molar-refractivity contribution is 5.94. The average Bonchev–Trinajstić information content (AvgIpc) is 2.75. The quantitative estimate of drug-likeness (QED) is 0.815. The molecule has 0 heterocycles. The molecule has 16 heavy (non-hydrogen) atoms. The highest BCUT2D eigenvalue weighted by Gasteiger charge is 2.16. The van der Waals surface area contributed by atoms with Crippen LogP contribution < -0.4 is 5.32 Å². The summed E-state index contributed by atoms with van der Waals surface area (Å²) >= 11 is 0. The first-order valence-corrected chi connectivity index (χ1v) is 6.17. The van der Waals surface area contributed by atoms with Crippen LogP contribution in [-0.2, 0) is 12.8 Å². The van der Waals surface area contributed by atoms with Crippen molar-refractivity contribution in [2.45, 2.75) is 26.2 Å². The molecule has 0 bridgehead atoms. The summed E-state index contributed by atoms with van der Waals surface area (Å²) in [6, 6.07) is 11.1. The van der Waals surface area contributed by atoms with Crippen LogP contribution in [0.2, 0.25) is 0 Å². The maximum atomic E-state index is 3.54. The molecule has 2 aromatic rings. The van der Waals surface area contributed by atoms with E-state index in [9.17, 15) is 0 Å². The molecule has 1 nitrogen and oxygen atoms in total. The van der Waals surface area contributed by atoms with E-state index in [4.69, 9.17) is 0 Å². The van der Waals surface area contributed by atoms with Crippen LogP contribution in [-0.4, -0.2) is 6.54 Å². The van der Waals surface area contributed by atoms with E-state index in [0.29, 0.717) is 0 Å². The van der Waals surface area contributed by atoms with E-state index in [1.165, 1.54) is 46.8 Å². The Morgan fingerprint density at radius 3 is 2.94 bits per heavy atom. The van der Waals surface area contributed by atoms with Crippen molar-refractivity contribution in [1.82, 2.24) is 0 Å². The topological polar surface area (TPSA) is 12.0 Å². The van der Waals surface area contributed by atoms with Crippen LogP contribution in [0.3, 0.4) is 0 Å². The van der Waals surface area contributed by atoms with Crippen molar-refractivity contribution in [3.05, 3.63) is 41.5 Å². The summed E-state index contributed by atoms with van der Waals surface area (Å²) in [5.41, 5.74) is 4.40. The van der Waals surface area contributed by atoms with Gasteiger partial charge in [0, 0.05) is 12.2 Å². The van der Waals surface area contributed by atoms with Crippen molar-refractivity contribution in [3.63, 3.8) is 0 Å². The molecule has 1 aliphatic rings. The average molecular weight is 211 g/mol. The van der Waals surface area contributed by atoms with Gasteiger partial charge in [-0.25, -0.2) is 0 Å². The molecule has 0 radical (unpaired) electrons. The van der Waals surface area contributed by atoms with Crippen LogP contribution in [0, 0.1) is 0 Å². The molecule has 0 spiro atoms. The summed E-state index contributed by atoms with van der Waals surface area (Å²) in [6.07, 6.45) is 3.58. The van der Waals surface area contributed by atoms with Gasteiger partial charge in [-0.05, 0) is 47.2 Å². The maximum Gasteiger partial charge on any atom is 0.0379 e. The van der Waals surface area contributed by atoms with Crippen molar-refractivity contribution in [3.8, 4) is 0 Å². The molecule has 1 N–H and O–H groups in total. The maximum absolute atomic E-state index is 3.54. The molecular formula is C15H17N. The third-order valence-electron chi connectivity index (χ3n) is 3.45. The molecule has 1 heteroatoms. The Balaban J connectivity index is 2.15. The number of hydrogen-bond donors (Lipinski definition) is 1. The van der Waals surface area contributed by atoms with Gasteiger partial charge in [-0.15, -0.1) is 0 Å². The minimum atomic E-state index is 1.07.